The summed E-state index contributed by atoms with van der Waals surface area (Å²) in [4.78, 5) is 11.8. The maximum Gasteiger partial charge on any atom is 0.411 e. The molecule has 2 aromatic carbocycles. The van der Waals surface area contributed by atoms with Gasteiger partial charge >= 0.3 is 6.98 Å². The quantitative estimate of drug-likeness (QED) is 0.399. The number of hydrogen-bond donors (Lipinski definition) is 0. The molecule has 2 aromatic heterocycles. The normalized spacial score (nSPS) is 17.8. The van der Waals surface area contributed by atoms with Crippen molar-refractivity contribution in [3.63, 3.8) is 0 Å². The van der Waals surface area contributed by atoms with E-state index < -0.39 is 0 Å². The predicted molar refractivity (Wildman–Crippen MR) is 129 cm³/mol. The molecule has 4 aromatic rings. The molecule has 6 rings (SSSR count). The Hall–Kier alpha value is -3.67. The summed E-state index contributed by atoms with van der Waals surface area (Å²) in [5, 5.41) is 1.15. The molecule has 0 saturated heterocycles. The number of benzene rings is 2. The van der Waals surface area contributed by atoms with Gasteiger partial charge in [-0.2, -0.15) is 0 Å². The molecule has 6 heteroatoms. The molecule has 0 N–H and O–H groups in total. The zero-order chi connectivity index (χ0) is 21.1. The lowest BCUT2D eigenvalue weighted by atomic mass is 9.61. The molecule has 0 fully saturated rings. The molecule has 152 valence electrons. The number of allylic oxidation sites excluding steroid dienone is 1. The first-order valence-electron chi connectivity index (χ1n) is 10.7. The number of aromatic nitrogens is 1. The fraction of sp³-hybridized carbons (Fsp3) is 0.160. The van der Waals surface area contributed by atoms with Gasteiger partial charge < -0.3 is 18.9 Å². The standard InChI is InChI=1S/C25H23BN4O/c1-17-16-21-20-12-7-8-14-23(20)31-25(21)28(3)26(17)30-18(2)29(19-10-5-4-6-11-19)22-13-9-15-27-24(22)30/h4-16,18H,1-3H3/t18-/m0/s1. The molecule has 0 saturated carbocycles. The predicted octanol–water partition coefficient (Wildman–Crippen LogP) is 5.71. The summed E-state index contributed by atoms with van der Waals surface area (Å²) in [6.07, 6.45) is 4.24. The molecule has 31 heavy (non-hydrogen) atoms. The first-order valence-corrected chi connectivity index (χ1v) is 10.7. The monoisotopic (exact) mass is 406 g/mol. The van der Waals surface area contributed by atoms with Gasteiger partial charge in [0.25, 0.3) is 0 Å². The van der Waals surface area contributed by atoms with Gasteiger partial charge in [0.05, 0.1) is 11.9 Å². The van der Waals surface area contributed by atoms with Gasteiger partial charge in [0.15, 0.2) is 5.88 Å². The number of nitrogens with zero attached hydrogens (tertiary/aromatic N) is 4. The van der Waals surface area contributed by atoms with Crippen LogP contribution in [0.25, 0.3) is 17.0 Å². The summed E-state index contributed by atoms with van der Waals surface area (Å²) in [7, 11) is 2.11. The molecule has 0 unspecified atom stereocenters. The average Bonchev–Trinajstić information content (AvgIpc) is 3.30. The van der Waals surface area contributed by atoms with Crippen molar-refractivity contribution in [3.8, 4) is 0 Å². The van der Waals surface area contributed by atoms with Gasteiger partial charge in [0.1, 0.15) is 11.4 Å². The van der Waals surface area contributed by atoms with Crippen LogP contribution in [0.1, 0.15) is 19.4 Å². The Morgan fingerprint density at radius 3 is 2.58 bits per heavy atom. The molecule has 0 aliphatic carbocycles. The summed E-state index contributed by atoms with van der Waals surface area (Å²) in [5.41, 5.74) is 5.62. The van der Waals surface area contributed by atoms with Gasteiger partial charge in [-0.1, -0.05) is 47.9 Å². The Balaban J connectivity index is 1.49. The van der Waals surface area contributed by atoms with Crippen LogP contribution in [0.3, 0.4) is 0 Å². The smallest absolute Gasteiger partial charge is 0.411 e. The SMILES string of the molecule is CC1=Cc2c(oc3ccccc23)N(C)B1N1c2ncccc2N(c2ccccc2)[C@@H]1C. The van der Waals surface area contributed by atoms with Gasteiger partial charge in [-0.25, -0.2) is 4.98 Å². The molecular weight excluding hydrogens is 383 g/mol. The summed E-state index contributed by atoms with van der Waals surface area (Å²) in [6, 6.07) is 22.9. The highest BCUT2D eigenvalue weighted by Crippen LogP contribution is 2.46. The van der Waals surface area contributed by atoms with E-state index in [2.05, 4.69) is 90.0 Å². The second-order valence-electron chi connectivity index (χ2n) is 8.28. The lowest BCUT2D eigenvalue weighted by Gasteiger charge is -2.39. The molecule has 2 aliphatic rings. The summed E-state index contributed by atoms with van der Waals surface area (Å²) < 4.78 is 6.30. The summed E-state index contributed by atoms with van der Waals surface area (Å²) >= 11 is 0. The van der Waals surface area contributed by atoms with Crippen LogP contribution in [-0.4, -0.2) is 25.2 Å². The molecule has 2 aliphatic heterocycles. The van der Waals surface area contributed by atoms with E-state index >= 15 is 0 Å². The Bertz CT molecular complexity index is 1320. The second kappa shape index (κ2) is 6.67. The first kappa shape index (κ1) is 18.1. The second-order valence-corrected chi connectivity index (χ2v) is 8.28. The highest BCUT2D eigenvalue weighted by atomic mass is 16.4. The van der Waals surface area contributed by atoms with Crippen molar-refractivity contribution in [2.75, 3.05) is 21.6 Å². The van der Waals surface area contributed by atoms with Crippen LogP contribution in [-0.2, 0) is 0 Å². The minimum atomic E-state index is 0.00502. The van der Waals surface area contributed by atoms with Crippen LogP contribution in [0.4, 0.5) is 23.1 Å². The Morgan fingerprint density at radius 1 is 0.968 bits per heavy atom. The van der Waals surface area contributed by atoms with Gasteiger partial charge in [-0.05, 0) is 51.2 Å². The minimum Gasteiger partial charge on any atom is -0.441 e. The number of anilines is 4. The van der Waals surface area contributed by atoms with Crippen molar-refractivity contribution in [1.82, 2.24) is 4.98 Å². The first-order chi connectivity index (χ1) is 15.1. The van der Waals surface area contributed by atoms with Gasteiger partial charge in [0, 0.05) is 22.8 Å². The van der Waals surface area contributed by atoms with Crippen LogP contribution >= 0.6 is 0 Å². The molecular formula is C25H23BN4O. The third kappa shape index (κ3) is 2.54. The average molecular weight is 406 g/mol. The fourth-order valence-electron chi connectivity index (χ4n) is 5.12. The lowest BCUT2D eigenvalue weighted by molar-refractivity contribution is 0.617. The Morgan fingerprint density at radius 2 is 1.74 bits per heavy atom. The number of fused-ring (bicyclic) bond motifs is 4. The van der Waals surface area contributed by atoms with E-state index in [1.807, 2.05) is 24.4 Å². The van der Waals surface area contributed by atoms with E-state index in [1.165, 1.54) is 5.47 Å². The van der Waals surface area contributed by atoms with Gasteiger partial charge in [0.2, 0.25) is 0 Å². The maximum absolute atomic E-state index is 6.30. The molecule has 0 bridgehead atoms. The topological polar surface area (TPSA) is 35.8 Å². The van der Waals surface area contributed by atoms with Crippen LogP contribution in [0.15, 0.2) is 82.8 Å². The summed E-state index contributed by atoms with van der Waals surface area (Å²) in [5.74, 6) is 1.89. The highest BCUT2D eigenvalue weighted by molar-refractivity contribution is 6.75. The molecule has 1 atom stereocenters. The van der Waals surface area contributed by atoms with Crippen molar-refractivity contribution >= 4 is 47.1 Å². The fourth-order valence-corrected chi connectivity index (χ4v) is 5.12. The van der Waals surface area contributed by atoms with Gasteiger partial charge in [-0.15, -0.1) is 0 Å². The maximum atomic E-state index is 6.30. The number of furan rings is 1. The Kier molecular flexibility index (Phi) is 3.90. The molecule has 4 heterocycles. The highest BCUT2D eigenvalue weighted by Gasteiger charge is 2.46. The van der Waals surface area contributed by atoms with E-state index in [0.29, 0.717) is 0 Å². The van der Waals surface area contributed by atoms with Crippen LogP contribution < -0.4 is 14.5 Å². The molecule has 0 radical (unpaired) electrons. The van der Waals surface area contributed by atoms with Gasteiger partial charge in [-0.3, -0.25) is 0 Å². The van der Waals surface area contributed by atoms with Crippen LogP contribution in [0.2, 0.25) is 0 Å². The van der Waals surface area contributed by atoms with Crippen molar-refractivity contribution in [1.29, 1.82) is 0 Å². The third-order valence-corrected chi connectivity index (χ3v) is 6.43. The largest absolute Gasteiger partial charge is 0.441 e. The minimum absolute atomic E-state index is 0.00502. The third-order valence-electron chi connectivity index (χ3n) is 6.43. The van der Waals surface area contributed by atoms with Crippen LogP contribution in [0.5, 0.6) is 0 Å². The Labute approximate surface area is 182 Å². The molecule has 0 amide bonds. The molecule has 5 nitrogen and oxygen atoms in total. The number of hydrogen-bond acceptors (Lipinski definition) is 5. The van der Waals surface area contributed by atoms with E-state index in [9.17, 15) is 0 Å². The number of rotatable bonds is 2. The van der Waals surface area contributed by atoms with E-state index in [0.717, 1.165) is 39.6 Å². The zero-order valence-electron chi connectivity index (χ0n) is 17.9. The number of para-hydroxylation sites is 2. The number of pyridine rings is 1. The van der Waals surface area contributed by atoms with Crippen molar-refractivity contribution < 1.29 is 4.42 Å². The molecule has 0 spiro atoms. The van der Waals surface area contributed by atoms with Crippen molar-refractivity contribution in [2.24, 2.45) is 0 Å². The summed E-state index contributed by atoms with van der Waals surface area (Å²) in [6.45, 7) is 4.45. The van der Waals surface area contributed by atoms with E-state index in [1.54, 1.807) is 0 Å². The zero-order valence-corrected chi connectivity index (χ0v) is 17.9. The van der Waals surface area contributed by atoms with Crippen molar-refractivity contribution in [2.45, 2.75) is 20.0 Å². The van der Waals surface area contributed by atoms with E-state index in [4.69, 9.17) is 9.40 Å². The van der Waals surface area contributed by atoms with Crippen molar-refractivity contribution in [3.05, 3.63) is 84.0 Å². The lowest BCUT2D eigenvalue weighted by Crippen LogP contribution is -2.58. The van der Waals surface area contributed by atoms with Crippen LogP contribution in [0, 0.1) is 0 Å². The van der Waals surface area contributed by atoms with E-state index in [-0.39, 0.29) is 13.1 Å².